The Kier molecular flexibility index (Phi) is 3.74. The van der Waals surface area contributed by atoms with E-state index in [4.69, 9.17) is 4.43 Å². The van der Waals surface area contributed by atoms with E-state index in [1.54, 1.807) is 5.20 Å². The molecule has 4 atom stereocenters. The maximum absolute atomic E-state index is 5.64. The summed E-state index contributed by atoms with van der Waals surface area (Å²) in [5.74, 6) is 3.79. The van der Waals surface area contributed by atoms with Gasteiger partial charge in [0.25, 0.3) is 0 Å². The molecule has 0 saturated heterocycles. The Morgan fingerprint density at radius 2 is 1.58 bits per heavy atom. The summed E-state index contributed by atoms with van der Waals surface area (Å²) in [6.45, 7) is 4.64. The van der Waals surface area contributed by atoms with Crippen LogP contribution in [0.1, 0.15) is 38.5 Å². The molecule has 0 heterocycles. The molecule has 4 rings (SSSR count). The van der Waals surface area contributed by atoms with Crippen molar-refractivity contribution in [2.75, 3.05) is 7.11 Å². The highest BCUT2D eigenvalue weighted by molar-refractivity contribution is 6.78. The van der Waals surface area contributed by atoms with Crippen molar-refractivity contribution in [1.82, 2.24) is 0 Å². The number of rotatable bonds is 2. The van der Waals surface area contributed by atoms with Gasteiger partial charge in [0, 0.05) is 7.11 Å². The van der Waals surface area contributed by atoms with Crippen molar-refractivity contribution in [3.05, 3.63) is 23.4 Å². The van der Waals surface area contributed by atoms with Crippen LogP contribution in [0.5, 0.6) is 0 Å². The highest BCUT2D eigenvalue weighted by atomic mass is 28.4. The first-order valence-electron chi connectivity index (χ1n) is 8.04. The summed E-state index contributed by atoms with van der Waals surface area (Å²) < 4.78 is 5.64. The van der Waals surface area contributed by atoms with Gasteiger partial charge >= 0.3 is 0 Å². The molecule has 4 aliphatic carbocycles. The minimum absolute atomic E-state index is 0.900. The third kappa shape index (κ3) is 2.75. The molecule has 2 heteroatoms. The van der Waals surface area contributed by atoms with Crippen molar-refractivity contribution < 1.29 is 4.43 Å². The van der Waals surface area contributed by atoms with Crippen LogP contribution in [0.25, 0.3) is 0 Å². The second kappa shape index (κ2) is 5.21. The van der Waals surface area contributed by atoms with E-state index in [0.717, 1.165) is 23.7 Å². The first kappa shape index (κ1) is 13.6. The van der Waals surface area contributed by atoms with E-state index in [1.807, 2.05) is 7.11 Å². The lowest BCUT2D eigenvalue weighted by Gasteiger charge is -2.27. The molecule has 2 fully saturated rings. The van der Waals surface area contributed by atoms with Crippen LogP contribution in [0.2, 0.25) is 13.1 Å². The molecular formula is C17H28OSi. The van der Waals surface area contributed by atoms with E-state index < -0.39 is 8.32 Å². The Morgan fingerprint density at radius 3 is 1.89 bits per heavy atom. The van der Waals surface area contributed by atoms with Crippen molar-refractivity contribution in [3.63, 3.8) is 0 Å². The van der Waals surface area contributed by atoms with E-state index in [0.29, 0.717) is 0 Å². The van der Waals surface area contributed by atoms with Crippen molar-refractivity contribution in [1.29, 1.82) is 0 Å². The van der Waals surface area contributed by atoms with E-state index in [9.17, 15) is 0 Å². The lowest BCUT2D eigenvalue weighted by molar-refractivity contribution is 0.406. The zero-order valence-corrected chi connectivity index (χ0v) is 13.7. The normalized spacial score (nSPS) is 38.4. The Hall–Kier alpha value is -0.343. The van der Waals surface area contributed by atoms with Gasteiger partial charge in [-0.15, -0.1) is 0 Å². The summed E-state index contributed by atoms with van der Waals surface area (Å²) in [6.07, 6.45) is 16.0. The molecule has 19 heavy (non-hydrogen) atoms. The monoisotopic (exact) mass is 276 g/mol. The molecule has 0 N–H and O–H groups in total. The van der Waals surface area contributed by atoms with Crippen LogP contribution >= 0.6 is 0 Å². The molecular weight excluding hydrogens is 248 g/mol. The zero-order valence-electron chi connectivity index (χ0n) is 12.7. The fourth-order valence-electron chi connectivity index (χ4n) is 4.37. The number of allylic oxidation sites excluding steroid dienone is 4. The lowest BCUT2D eigenvalue weighted by Crippen LogP contribution is -2.34. The molecule has 0 radical (unpaired) electrons. The summed E-state index contributed by atoms with van der Waals surface area (Å²) in [7, 11) is 0.437. The molecule has 0 aromatic carbocycles. The average Bonchev–Trinajstić information content (AvgIpc) is 3.19. The molecule has 0 spiro atoms. The summed E-state index contributed by atoms with van der Waals surface area (Å²) >= 11 is 0. The topological polar surface area (TPSA) is 9.23 Å². The van der Waals surface area contributed by atoms with E-state index in [1.165, 1.54) is 38.5 Å². The number of hydrogen-bond donors (Lipinski definition) is 0. The largest absolute Gasteiger partial charge is 0.416 e. The fraction of sp³-hybridized carbons (Fsp3) is 0.765. The van der Waals surface area contributed by atoms with Crippen LogP contribution in [0.4, 0.5) is 0 Å². The Bertz CT molecular complexity index is 384. The van der Waals surface area contributed by atoms with E-state index in [-0.39, 0.29) is 0 Å². The Balaban J connectivity index is 0.000000132. The number of hydrogen-bond acceptors (Lipinski definition) is 1. The molecule has 106 valence electrons. The molecule has 0 aliphatic heterocycles. The second-order valence-corrected chi connectivity index (χ2v) is 11.3. The van der Waals surface area contributed by atoms with Crippen molar-refractivity contribution in [2.45, 2.75) is 51.6 Å². The van der Waals surface area contributed by atoms with Crippen molar-refractivity contribution in [3.8, 4) is 0 Å². The third-order valence-electron chi connectivity index (χ3n) is 5.70. The summed E-state index contributed by atoms with van der Waals surface area (Å²) in [4.78, 5) is 0. The summed E-state index contributed by atoms with van der Waals surface area (Å²) in [5.41, 5.74) is 0. The van der Waals surface area contributed by atoms with Gasteiger partial charge in [-0.1, -0.05) is 23.4 Å². The number of fused-ring (bicyclic) bond motifs is 4. The van der Waals surface area contributed by atoms with Crippen molar-refractivity contribution in [2.24, 2.45) is 23.7 Å². The highest BCUT2D eigenvalue weighted by Gasteiger charge is 2.41. The molecule has 2 saturated carbocycles. The molecule has 0 aromatic rings. The van der Waals surface area contributed by atoms with Crippen LogP contribution in [0.3, 0.4) is 0 Å². The third-order valence-corrected chi connectivity index (χ3v) is 8.69. The molecule has 4 unspecified atom stereocenters. The fourth-order valence-corrected chi connectivity index (χ4v) is 6.49. The molecule has 0 amide bonds. The van der Waals surface area contributed by atoms with Gasteiger partial charge in [0.05, 0.1) is 0 Å². The van der Waals surface area contributed by atoms with E-state index >= 15 is 0 Å². The van der Waals surface area contributed by atoms with Gasteiger partial charge in [0.2, 0.25) is 8.32 Å². The predicted octanol–water partition coefficient (Wildman–Crippen LogP) is 4.71. The highest BCUT2D eigenvalue weighted by Crippen LogP contribution is 2.46. The van der Waals surface area contributed by atoms with Gasteiger partial charge in [-0.05, 0) is 75.3 Å². The van der Waals surface area contributed by atoms with E-state index in [2.05, 4.69) is 31.3 Å². The van der Waals surface area contributed by atoms with Gasteiger partial charge in [0.1, 0.15) is 0 Å². The zero-order chi connectivity index (χ0) is 13.5. The first-order chi connectivity index (χ1) is 9.08. The van der Waals surface area contributed by atoms with Crippen LogP contribution in [0.15, 0.2) is 23.4 Å². The minimum Gasteiger partial charge on any atom is -0.416 e. The van der Waals surface area contributed by atoms with Gasteiger partial charge in [-0.2, -0.15) is 0 Å². The maximum atomic E-state index is 5.64. The Labute approximate surface area is 119 Å². The molecule has 4 bridgehead atoms. The van der Waals surface area contributed by atoms with Gasteiger partial charge in [-0.25, -0.2) is 0 Å². The first-order valence-corrected chi connectivity index (χ1v) is 10.9. The molecule has 4 aliphatic rings. The molecule has 0 aromatic heterocycles. The Morgan fingerprint density at radius 1 is 0.947 bits per heavy atom. The maximum Gasteiger partial charge on any atom is 0.213 e. The summed E-state index contributed by atoms with van der Waals surface area (Å²) in [6, 6.07) is 0. The SMILES string of the molecule is C1=CC2CCC1C2.CO[Si](C)(C)C1=CC2CCC1C2. The predicted molar refractivity (Wildman–Crippen MR) is 83.4 cm³/mol. The van der Waals surface area contributed by atoms with Crippen LogP contribution < -0.4 is 0 Å². The average molecular weight is 276 g/mol. The lowest BCUT2D eigenvalue weighted by atomic mass is 10.1. The summed E-state index contributed by atoms with van der Waals surface area (Å²) in [5, 5.41) is 1.70. The quantitative estimate of drug-likeness (QED) is 0.524. The standard InChI is InChI=1S/C10H18OSi.C7H10/c1-11-12(2,3)10-7-8-4-5-9(10)6-8;1-2-7-4-3-6(1)5-7/h7-9H,4-6H2,1-3H3;1-2,6-7H,3-5H2. The van der Waals surface area contributed by atoms with Crippen LogP contribution in [0, 0.1) is 23.7 Å². The molecule has 1 nitrogen and oxygen atoms in total. The van der Waals surface area contributed by atoms with Crippen LogP contribution in [-0.2, 0) is 4.43 Å². The second-order valence-electron chi connectivity index (χ2n) is 7.32. The minimum atomic E-state index is -1.44. The van der Waals surface area contributed by atoms with Gasteiger partial charge in [-0.3, -0.25) is 0 Å². The van der Waals surface area contributed by atoms with Crippen molar-refractivity contribution >= 4 is 8.32 Å². The van der Waals surface area contributed by atoms with Gasteiger partial charge < -0.3 is 4.43 Å². The van der Waals surface area contributed by atoms with Gasteiger partial charge in [0.15, 0.2) is 0 Å². The van der Waals surface area contributed by atoms with Crippen LogP contribution in [-0.4, -0.2) is 15.4 Å². The smallest absolute Gasteiger partial charge is 0.213 e.